The van der Waals surface area contributed by atoms with Crippen molar-refractivity contribution in [3.05, 3.63) is 92.2 Å². The predicted molar refractivity (Wildman–Crippen MR) is 178 cm³/mol. The molecule has 0 saturated heterocycles. The third-order valence-electron chi connectivity index (χ3n) is 7.17. The van der Waals surface area contributed by atoms with E-state index in [1.54, 1.807) is 0 Å². The zero-order valence-corrected chi connectivity index (χ0v) is 32.2. The first kappa shape index (κ1) is 37.8. The molecule has 0 saturated carbocycles. The molecule has 49 heavy (non-hydrogen) atoms. The molecule has 17 heteroatoms. The van der Waals surface area contributed by atoms with Gasteiger partial charge in [0.25, 0.3) is 0 Å². The summed E-state index contributed by atoms with van der Waals surface area (Å²) < 4.78 is 58.9. The van der Waals surface area contributed by atoms with Crippen molar-refractivity contribution >= 4 is 99.0 Å². The van der Waals surface area contributed by atoms with Gasteiger partial charge in [0.2, 0.25) is 10.9 Å². The Labute approximate surface area is 299 Å². The van der Waals surface area contributed by atoms with Gasteiger partial charge in [0, 0.05) is 56.4 Å². The van der Waals surface area contributed by atoms with E-state index < -0.39 is 66.0 Å². The van der Waals surface area contributed by atoms with Crippen LogP contribution in [0, 0.1) is 0 Å². The molecule has 0 fully saturated rings. The molecule has 6 rings (SSSR count). The molecular formula is C32H22O12S4Zn. The molecule has 6 aromatic rings. The Bertz CT molecular complexity index is 2410. The fourth-order valence-corrected chi connectivity index (χ4v) is 7.51. The van der Waals surface area contributed by atoms with Crippen LogP contribution in [0.2, 0.25) is 0 Å². The van der Waals surface area contributed by atoms with Crippen LogP contribution in [0.25, 0.3) is 43.9 Å². The van der Waals surface area contributed by atoms with Crippen LogP contribution in [-0.4, -0.2) is 53.8 Å². The van der Waals surface area contributed by atoms with Crippen molar-refractivity contribution < 1.29 is 64.9 Å². The fraction of sp³-hybridized carbons (Fsp3) is 0.125. The summed E-state index contributed by atoms with van der Waals surface area (Å²) in [5.74, 6) is -2.81. The predicted octanol–water partition coefficient (Wildman–Crippen LogP) is 1.57. The van der Waals surface area contributed by atoms with E-state index in [2.05, 4.69) is 0 Å². The van der Waals surface area contributed by atoms with E-state index >= 15 is 0 Å². The van der Waals surface area contributed by atoms with Crippen LogP contribution in [0.1, 0.15) is 20.7 Å². The Morgan fingerprint density at radius 1 is 0.531 bits per heavy atom. The summed E-state index contributed by atoms with van der Waals surface area (Å²) in [6.07, 6.45) is 5.75. The summed E-state index contributed by atoms with van der Waals surface area (Å²) in [7, 11) is -5.70. The maximum Gasteiger partial charge on any atom is 2.00 e. The number of rotatable bonds is 6. The molecule has 0 aliphatic heterocycles. The van der Waals surface area contributed by atoms with Gasteiger partial charge < -0.3 is 28.6 Å². The molecule has 248 valence electrons. The van der Waals surface area contributed by atoms with E-state index in [0.717, 1.165) is 0 Å². The molecule has 0 spiro atoms. The first-order valence-electron chi connectivity index (χ1n) is 13.4. The normalized spacial score (nSPS) is 13.6. The molecular weight excluding hydrogens is 770 g/mol. The smallest absolute Gasteiger partial charge is 0.545 e. The van der Waals surface area contributed by atoms with Crippen molar-refractivity contribution in [1.82, 2.24) is 0 Å². The first-order valence-corrected chi connectivity index (χ1v) is 19.7. The quantitative estimate of drug-likeness (QED) is 0.174. The standard InChI is InChI=1S/2C16H12O6S2.Zn/c2*1-23(20)9-6-11-14(17)10-5-8(16(18)19)3-4-12(10)22-15(11)13(7-9)24(2)21;/h2*3-7H,1-2H3,(H,18,19);/q;;+2/p-2. The summed E-state index contributed by atoms with van der Waals surface area (Å²) in [5, 5.41) is 22.3. The number of carboxylic acid groups (broad SMARTS) is 2. The van der Waals surface area contributed by atoms with Crippen molar-refractivity contribution in [3.8, 4) is 0 Å². The van der Waals surface area contributed by atoms with Gasteiger partial charge in [-0.1, -0.05) is 0 Å². The number of benzene rings is 4. The Morgan fingerprint density at radius 3 is 1.16 bits per heavy atom. The van der Waals surface area contributed by atoms with Crippen molar-refractivity contribution in [2.45, 2.75) is 19.6 Å². The molecule has 4 aromatic carbocycles. The van der Waals surface area contributed by atoms with Crippen molar-refractivity contribution in [1.29, 1.82) is 0 Å². The third kappa shape index (κ3) is 7.45. The number of hydrogen-bond donors (Lipinski definition) is 0. The van der Waals surface area contributed by atoms with Gasteiger partial charge in [-0.05, 0) is 71.8 Å². The number of carboxylic acids is 2. The Morgan fingerprint density at radius 2 is 0.878 bits per heavy atom. The van der Waals surface area contributed by atoms with Gasteiger partial charge in [0.05, 0.1) is 64.9 Å². The van der Waals surface area contributed by atoms with Crippen LogP contribution in [0.15, 0.2) is 98.7 Å². The van der Waals surface area contributed by atoms with Crippen LogP contribution in [0.4, 0.5) is 0 Å². The average Bonchev–Trinajstić information content (AvgIpc) is 3.03. The zero-order chi connectivity index (χ0) is 35.2. The molecule has 12 nitrogen and oxygen atoms in total. The number of carbonyl (C=O) groups excluding carboxylic acids is 2. The van der Waals surface area contributed by atoms with Crippen LogP contribution < -0.4 is 21.1 Å². The van der Waals surface area contributed by atoms with Gasteiger partial charge in [-0.25, -0.2) is 0 Å². The molecule has 0 radical (unpaired) electrons. The summed E-state index contributed by atoms with van der Waals surface area (Å²) >= 11 is 0. The van der Waals surface area contributed by atoms with Gasteiger partial charge in [-0.2, -0.15) is 0 Å². The second-order valence-electron chi connectivity index (χ2n) is 10.3. The number of aromatic carboxylic acids is 2. The largest absolute Gasteiger partial charge is 2.00 e. The van der Waals surface area contributed by atoms with Gasteiger partial charge in [-0.15, -0.1) is 0 Å². The van der Waals surface area contributed by atoms with Gasteiger partial charge >= 0.3 is 19.5 Å². The molecule has 0 amide bonds. The summed E-state index contributed by atoms with van der Waals surface area (Å²) in [5.41, 5.74) is -0.620. The van der Waals surface area contributed by atoms with E-state index in [1.807, 2.05) is 0 Å². The summed E-state index contributed by atoms with van der Waals surface area (Å²) in [4.78, 5) is 48.7. The second kappa shape index (κ2) is 14.8. The minimum Gasteiger partial charge on any atom is -0.545 e. The SMILES string of the molecule is CS(=O)c1cc(S(C)=O)c2oc3ccc(C(=O)[O-])cc3c(=O)c2c1.CS(=O)c1cc(S(C)=O)c2oc3ccc(C(=O)[O-])cc3c(=O)c2c1.[Zn+2]. The van der Waals surface area contributed by atoms with Crippen molar-refractivity contribution in [2.24, 2.45) is 0 Å². The van der Waals surface area contributed by atoms with Crippen molar-refractivity contribution in [3.63, 3.8) is 0 Å². The van der Waals surface area contributed by atoms with E-state index in [1.165, 1.54) is 85.7 Å². The van der Waals surface area contributed by atoms with Gasteiger partial charge in [-0.3, -0.25) is 26.4 Å². The topological polar surface area (TPSA) is 209 Å². The number of hydrogen-bond acceptors (Lipinski definition) is 12. The van der Waals surface area contributed by atoms with Crippen LogP contribution >= 0.6 is 0 Å². The van der Waals surface area contributed by atoms with Gasteiger partial charge in [0.15, 0.2) is 11.2 Å². The van der Waals surface area contributed by atoms with Gasteiger partial charge in [0.1, 0.15) is 11.2 Å². The number of carbonyl (C=O) groups is 2. The van der Waals surface area contributed by atoms with E-state index in [4.69, 9.17) is 8.83 Å². The van der Waals surface area contributed by atoms with E-state index in [9.17, 15) is 46.2 Å². The van der Waals surface area contributed by atoms with Crippen LogP contribution in [-0.2, 0) is 62.7 Å². The molecule has 4 unspecified atom stereocenters. The minimum atomic E-state index is -1.46. The minimum absolute atomic E-state index is 0. The molecule has 0 bridgehead atoms. The zero-order valence-electron chi connectivity index (χ0n) is 26.0. The molecule has 2 heterocycles. The van der Waals surface area contributed by atoms with Crippen molar-refractivity contribution in [2.75, 3.05) is 25.0 Å². The fourth-order valence-electron chi connectivity index (χ4n) is 4.82. The molecule has 0 N–H and O–H groups in total. The maximum absolute atomic E-state index is 12.7. The van der Waals surface area contributed by atoms with E-state index in [-0.39, 0.29) is 84.3 Å². The second-order valence-corrected chi connectivity index (χ2v) is 15.7. The molecule has 2 aromatic heterocycles. The Hall–Kier alpha value is -4.02. The van der Waals surface area contributed by atoms with Crippen LogP contribution in [0.5, 0.6) is 0 Å². The Balaban J connectivity index is 0.000000216. The monoisotopic (exact) mass is 790 g/mol. The van der Waals surface area contributed by atoms with E-state index in [0.29, 0.717) is 9.79 Å². The molecule has 0 aliphatic carbocycles. The maximum atomic E-state index is 12.7. The number of fused-ring (bicyclic) bond motifs is 4. The third-order valence-corrected chi connectivity index (χ3v) is 10.8. The summed E-state index contributed by atoms with van der Waals surface area (Å²) in [6.45, 7) is 0. The average molecular weight is 792 g/mol. The summed E-state index contributed by atoms with van der Waals surface area (Å²) in [6, 6.07) is 13.4. The Kier molecular flexibility index (Phi) is 11.5. The van der Waals surface area contributed by atoms with Crippen LogP contribution in [0.3, 0.4) is 0 Å². The molecule has 4 atom stereocenters. The molecule has 0 aliphatic rings. The first-order chi connectivity index (χ1) is 22.6.